The largest absolute Gasteiger partial charge is 0.352 e. The molecule has 0 bridgehead atoms. The molecular formula is C15H17ClFN3O. The lowest BCUT2D eigenvalue weighted by atomic mass is 10.2. The van der Waals surface area contributed by atoms with E-state index in [1.165, 1.54) is 24.3 Å². The smallest absolute Gasteiger partial charge is 0.251 e. The van der Waals surface area contributed by atoms with E-state index in [0.717, 1.165) is 17.8 Å². The van der Waals surface area contributed by atoms with Crippen LogP contribution in [0.2, 0.25) is 5.02 Å². The molecule has 1 aromatic carbocycles. The molecule has 0 unspecified atom stereocenters. The second-order valence-electron chi connectivity index (χ2n) is 4.82. The Kier molecular flexibility index (Phi) is 4.96. The minimum Gasteiger partial charge on any atom is -0.352 e. The van der Waals surface area contributed by atoms with Gasteiger partial charge in [0.05, 0.1) is 16.4 Å². The minimum absolute atomic E-state index is 0.207. The number of benzene rings is 1. The molecule has 6 heteroatoms. The second kappa shape index (κ2) is 6.72. The van der Waals surface area contributed by atoms with E-state index in [0.29, 0.717) is 23.7 Å². The topological polar surface area (TPSA) is 46.9 Å². The van der Waals surface area contributed by atoms with E-state index >= 15 is 0 Å². The van der Waals surface area contributed by atoms with Gasteiger partial charge in [0.2, 0.25) is 0 Å². The van der Waals surface area contributed by atoms with Crippen LogP contribution in [0, 0.1) is 19.7 Å². The van der Waals surface area contributed by atoms with Crippen molar-refractivity contribution in [3.8, 4) is 0 Å². The van der Waals surface area contributed by atoms with Crippen LogP contribution in [0.3, 0.4) is 0 Å². The van der Waals surface area contributed by atoms with E-state index < -0.39 is 0 Å². The van der Waals surface area contributed by atoms with Gasteiger partial charge in [-0.15, -0.1) is 0 Å². The number of aromatic nitrogens is 2. The second-order valence-corrected chi connectivity index (χ2v) is 5.20. The molecule has 0 saturated carbocycles. The van der Waals surface area contributed by atoms with E-state index in [1.54, 1.807) is 0 Å². The van der Waals surface area contributed by atoms with Gasteiger partial charge in [0, 0.05) is 18.7 Å². The van der Waals surface area contributed by atoms with Gasteiger partial charge in [0.15, 0.2) is 0 Å². The molecule has 21 heavy (non-hydrogen) atoms. The van der Waals surface area contributed by atoms with Crippen molar-refractivity contribution in [2.45, 2.75) is 26.8 Å². The van der Waals surface area contributed by atoms with Gasteiger partial charge in [-0.3, -0.25) is 9.48 Å². The lowest BCUT2D eigenvalue weighted by Gasteiger charge is -2.07. The molecule has 2 aromatic rings. The molecule has 1 amide bonds. The fourth-order valence-electron chi connectivity index (χ4n) is 2.03. The van der Waals surface area contributed by atoms with Crippen LogP contribution in [0.15, 0.2) is 24.3 Å². The highest BCUT2D eigenvalue weighted by molar-refractivity contribution is 6.31. The van der Waals surface area contributed by atoms with Crippen molar-refractivity contribution in [3.63, 3.8) is 0 Å². The van der Waals surface area contributed by atoms with Crippen LogP contribution in [-0.4, -0.2) is 22.2 Å². The molecular weight excluding hydrogens is 293 g/mol. The summed E-state index contributed by atoms with van der Waals surface area (Å²) in [6.07, 6.45) is 0.741. The van der Waals surface area contributed by atoms with E-state index in [1.807, 2.05) is 18.5 Å². The Morgan fingerprint density at radius 3 is 2.57 bits per heavy atom. The minimum atomic E-state index is -0.354. The van der Waals surface area contributed by atoms with Crippen molar-refractivity contribution in [2.75, 3.05) is 6.54 Å². The maximum absolute atomic E-state index is 12.8. The Balaban J connectivity index is 1.80. The first kappa shape index (κ1) is 15.5. The summed E-state index contributed by atoms with van der Waals surface area (Å²) in [5, 5.41) is 7.80. The summed E-state index contributed by atoms with van der Waals surface area (Å²) in [6.45, 7) is 4.98. The molecule has 0 aliphatic carbocycles. The van der Waals surface area contributed by atoms with Crippen molar-refractivity contribution in [1.82, 2.24) is 15.1 Å². The molecule has 112 valence electrons. The molecule has 4 nitrogen and oxygen atoms in total. The number of carbonyl (C=O) groups excluding carboxylic acids is 1. The lowest BCUT2D eigenvalue weighted by molar-refractivity contribution is 0.0952. The molecule has 0 aliphatic heterocycles. The number of aryl methyl sites for hydroxylation is 2. The van der Waals surface area contributed by atoms with Gasteiger partial charge in [-0.05, 0) is 44.5 Å². The fourth-order valence-corrected chi connectivity index (χ4v) is 2.16. The number of nitrogens with one attached hydrogen (secondary N) is 1. The Hall–Kier alpha value is -1.88. The number of carbonyl (C=O) groups is 1. The maximum atomic E-state index is 12.8. The van der Waals surface area contributed by atoms with E-state index in [2.05, 4.69) is 10.4 Å². The summed E-state index contributed by atoms with van der Waals surface area (Å²) in [6, 6.07) is 5.47. The molecule has 1 aromatic heterocycles. The first-order chi connectivity index (χ1) is 9.99. The molecule has 2 rings (SSSR count). The Labute approximate surface area is 127 Å². The molecule has 0 aliphatic rings. The Morgan fingerprint density at radius 2 is 2.00 bits per heavy atom. The highest BCUT2D eigenvalue weighted by Crippen LogP contribution is 2.18. The maximum Gasteiger partial charge on any atom is 0.251 e. The molecule has 0 atom stereocenters. The number of halogens is 2. The summed E-state index contributed by atoms with van der Waals surface area (Å²) in [5.74, 6) is -0.561. The number of amides is 1. The Bertz CT molecular complexity index is 637. The van der Waals surface area contributed by atoms with Crippen LogP contribution in [-0.2, 0) is 6.54 Å². The van der Waals surface area contributed by atoms with Gasteiger partial charge in [-0.2, -0.15) is 5.10 Å². The molecule has 1 heterocycles. The van der Waals surface area contributed by atoms with Gasteiger partial charge in [-0.25, -0.2) is 4.39 Å². The van der Waals surface area contributed by atoms with Gasteiger partial charge in [-0.1, -0.05) is 11.6 Å². The lowest BCUT2D eigenvalue weighted by Crippen LogP contribution is -2.25. The summed E-state index contributed by atoms with van der Waals surface area (Å²) >= 11 is 6.07. The van der Waals surface area contributed by atoms with Crippen LogP contribution in [0.5, 0.6) is 0 Å². The van der Waals surface area contributed by atoms with Gasteiger partial charge in [0.25, 0.3) is 5.91 Å². The Morgan fingerprint density at radius 1 is 1.33 bits per heavy atom. The van der Waals surface area contributed by atoms with Crippen molar-refractivity contribution in [3.05, 3.63) is 52.1 Å². The predicted molar refractivity (Wildman–Crippen MR) is 80.1 cm³/mol. The number of hydrogen-bond donors (Lipinski definition) is 1. The monoisotopic (exact) mass is 309 g/mol. The zero-order valence-electron chi connectivity index (χ0n) is 12.0. The zero-order chi connectivity index (χ0) is 15.4. The van der Waals surface area contributed by atoms with Crippen molar-refractivity contribution >= 4 is 17.5 Å². The molecule has 0 saturated heterocycles. The first-order valence-corrected chi connectivity index (χ1v) is 7.10. The average molecular weight is 310 g/mol. The standard InChI is InChI=1S/C15H17ClFN3O/c1-10-14(16)11(2)20(19-10)9-3-8-18-15(21)12-4-6-13(17)7-5-12/h4-7H,3,8-9H2,1-2H3,(H,18,21). The van der Waals surface area contributed by atoms with E-state index in [9.17, 15) is 9.18 Å². The molecule has 0 radical (unpaired) electrons. The third-order valence-electron chi connectivity index (χ3n) is 3.23. The number of hydrogen-bond acceptors (Lipinski definition) is 2. The van der Waals surface area contributed by atoms with Gasteiger partial charge in [0.1, 0.15) is 5.82 Å². The van der Waals surface area contributed by atoms with Crippen LogP contribution in [0.4, 0.5) is 4.39 Å². The summed E-state index contributed by atoms with van der Waals surface area (Å²) in [5.41, 5.74) is 2.19. The van der Waals surface area contributed by atoms with Crippen molar-refractivity contribution in [1.29, 1.82) is 0 Å². The SMILES string of the molecule is Cc1nn(CCCNC(=O)c2ccc(F)cc2)c(C)c1Cl. The van der Waals surface area contributed by atoms with Gasteiger partial charge >= 0.3 is 0 Å². The van der Waals surface area contributed by atoms with Crippen LogP contribution in [0.1, 0.15) is 28.2 Å². The molecule has 1 N–H and O–H groups in total. The van der Waals surface area contributed by atoms with E-state index in [-0.39, 0.29) is 11.7 Å². The average Bonchev–Trinajstić information content (AvgIpc) is 2.71. The highest BCUT2D eigenvalue weighted by atomic mass is 35.5. The summed E-state index contributed by atoms with van der Waals surface area (Å²) in [4.78, 5) is 11.8. The quantitative estimate of drug-likeness (QED) is 0.863. The normalized spacial score (nSPS) is 10.7. The fraction of sp³-hybridized carbons (Fsp3) is 0.333. The number of rotatable bonds is 5. The number of nitrogens with zero attached hydrogens (tertiary/aromatic N) is 2. The third kappa shape index (κ3) is 3.82. The van der Waals surface area contributed by atoms with Crippen LogP contribution in [0.25, 0.3) is 0 Å². The summed E-state index contributed by atoms with van der Waals surface area (Å²) < 4.78 is 14.6. The molecule has 0 fully saturated rings. The summed E-state index contributed by atoms with van der Waals surface area (Å²) in [7, 11) is 0. The third-order valence-corrected chi connectivity index (χ3v) is 3.78. The molecule has 0 spiro atoms. The first-order valence-electron chi connectivity index (χ1n) is 6.72. The van der Waals surface area contributed by atoms with E-state index in [4.69, 9.17) is 11.6 Å². The van der Waals surface area contributed by atoms with Crippen molar-refractivity contribution in [2.24, 2.45) is 0 Å². The van der Waals surface area contributed by atoms with Crippen molar-refractivity contribution < 1.29 is 9.18 Å². The predicted octanol–water partition coefficient (Wildman–Crippen LogP) is 3.11. The highest BCUT2D eigenvalue weighted by Gasteiger charge is 2.09. The van der Waals surface area contributed by atoms with Crippen LogP contribution < -0.4 is 5.32 Å². The van der Waals surface area contributed by atoms with Crippen LogP contribution >= 0.6 is 11.6 Å². The zero-order valence-corrected chi connectivity index (χ0v) is 12.7. The van der Waals surface area contributed by atoms with Gasteiger partial charge < -0.3 is 5.32 Å².